The number of hydrogen-bond acceptors (Lipinski definition) is 3. The molecular weight excluding hydrogens is 202 g/mol. The summed E-state index contributed by atoms with van der Waals surface area (Å²) < 4.78 is 0. The van der Waals surface area contributed by atoms with Crippen LogP contribution in [0.3, 0.4) is 0 Å². The molecule has 1 unspecified atom stereocenters. The van der Waals surface area contributed by atoms with E-state index in [1.54, 1.807) is 18.1 Å². The number of nitrogens with two attached hydrogens (primary N) is 1. The van der Waals surface area contributed by atoms with E-state index in [2.05, 4.69) is 4.98 Å². The van der Waals surface area contributed by atoms with Gasteiger partial charge in [-0.1, -0.05) is 19.4 Å². The Labute approximate surface area is 96.5 Å². The standard InChI is InChI=1S/C12H19N3O/c1-3-10(9-13)8-12(16)15(2)11-6-4-5-7-14-11/h4-7,10H,3,8-9,13H2,1-2H3. The number of pyridine rings is 1. The minimum atomic E-state index is 0.0657. The number of anilines is 1. The maximum absolute atomic E-state index is 11.9. The van der Waals surface area contributed by atoms with Crippen LogP contribution in [0.15, 0.2) is 24.4 Å². The molecular formula is C12H19N3O. The Morgan fingerprint density at radius 3 is 2.81 bits per heavy atom. The van der Waals surface area contributed by atoms with Crippen LogP contribution in [-0.2, 0) is 4.79 Å². The Hall–Kier alpha value is -1.42. The third-order valence-corrected chi connectivity index (χ3v) is 2.74. The zero-order valence-corrected chi connectivity index (χ0v) is 9.89. The minimum Gasteiger partial charge on any atom is -0.330 e. The number of carbonyl (C=O) groups excluding carboxylic acids is 1. The fourth-order valence-corrected chi connectivity index (χ4v) is 1.46. The van der Waals surface area contributed by atoms with Crippen LogP contribution in [0.5, 0.6) is 0 Å². The van der Waals surface area contributed by atoms with Crippen molar-refractivity contribution in [3.05, 3.63) is 24.4 Å². The summed E-state index contributed by atoms with van der Waals surface area (Å²) in [5.41, 5.74) is 5.58. The van der Waals surface area contributed by atoms with Crippen LogP contribution < -0.4 is 10.6 Å². The molecule has 0 radical (unpaired) electrons. The number of hydrogen-bond donors (Lipinski definition) is 1. The zero-order valence-electron chi connectivity index (χ0n) is 9.89. The van der Waals surface area contributed by atoms with Crippen LogP contribution in [0.25, 0.3) is 0 Å². The van der Waals surface area contributed by atoms with E-state index in [-0.39, 0.29) is 11.8 Å². The van der Waals surface area contributed by atoms with Gasteiger partial charge in [-0.2, -0.15) is 0 Å². The van der Waals surface area contributed by atoms with Crippen LogP contribution in [0.4, 0.5) is 5.82 Å². The Morgan fingerprint density at radius 2 is 2.31 bits per heavy atom. The Bertz CT molecular complexity index is 322. The van der Waals surface area contributed by atoms with Gasteiger partial charge in [0.25, 0.3) is 0 Å². The van der Waals surface area contributed by atoms with Gasteiger partial charge in [0.2, 0.25) is 5.91 Å². The fourth-order valence-electron chi connectivity index (χ4n) is 1.46. The molecule has 4 nitrogen and oxygen atoms in total. The lowest BCUT2D eigenvalue weighted by Crippen LogP contribution is -2.30. The first-order valence-corrected chi connectivity index (χ1v) is 5.56. The van der Waals surface area contributed by atoms with Crippen LogP contribution in [-0.4, -0.2) is 24.5 Å². The molecule has 88 valence electrons. The predicted octanol–water partition coefficient (Wildman–Crippen LogP) is 1.42. The summed E-state index contributed by atoms with van der Waals surface area (Å²) in [6.07, 6.45) is 3.09. The Balaban J connectivity index is 2.61. The quantitative estimate of drug-likeness (QED) is 0.818. The molecule has 1 atom stereocenters. The highest BCUT2D eigenvalue weighted by Crippen LogP contribution is 2.12. The van der Waals surface area contributed by atoms with Crippen molar-refractivity contribution in [1.82, 2.24) is 4.98 Å². The van der Waals surface area contributed by atoms with Crippen molar-refractivity contribution in [2.75, 3.05) is 18.5 Å². The molecule has 0 fully saturated rings. The topological polar surface area (TPSA) is 59.2 Å². The zero-order chi connectivity index (χ0) is 12.0. The first kappa shape index (κ1) is 12.6. The predicted molar refractivity (Wildman–Crippen MR) is 65.1 cm³/mol. The SMILES string of the molecule is CCC(CN)CC(=O)N(C)c1ccccn1. The van der Waals surface area contributed by atoms with Gasteiger partial charge in [0.1, 0.15) is 5.82 Å². The molecule has 0 spiro atoms. The van der Waals surface area contributed by atoms with E-state index in [0.29, 0.717) is 18.8 Å². The van der Waals surface area contributed by atoms with E-state index < -0.39 is 0 Å². The Kier molecular flexibility index (Phi) is 4.92. The second kappa shape index (κ2) is 6.23. The summed E-state index contributed by atoms with van der Waals surface area (Å²) in [4.78, 5) is 17.6. The molecule has 1 rings (SSSR count). The van der Waals surface area contributed by atoms with Crippen molar-refractivity contribution in [2.24, 2.45) is 11.7 Å². The van der Waals surface area contributed by atoms with Gasteiger partial charge >= 0.3 is 0 Å². The number of nitrogens with zero attached hydrogens (tertiary/aromatic N) is 2. The molecule has 0 aliphatic carbocycles. The maximum Gasteiger partial charge on any atom is 0.228 e. The van der Waals surface area contributed by atoms with Gasteiger partial charge < -0.3 is 5.73 Å². The molecule has 1 aromatic rings. The number of rotatable bonds is 5. The number of carbonyl (C=O) groups is 1. The van der Waals surface area contributed by atoms with Crippen LogP contribution in [0, 0.1) is 5.92 Å². The summed E-state index contributed by atoms with van der Waals surface area (Å²) in [6, 6.07) is 5.52. The molecule has 0 aliphatic rings. The summed E-state index contributed by atoms with van der Waals surface area (Å²) in [7, 11) is 1.74. The second-order valence-electron chi connectivity index (χ2n) is 3.85. The molecule has 16 heavy (non-hydrogen) atoms. The smallest absolute Gasteiger partial charge is 0.228 e. The highest BCUT2D eigenvalue weighted by Gasteiger charge is 2.15. The lowest BCUT2D eigenvalue weighted by molar-refractivity contribution is -0.119. The van der Waals surface area contributed by atoms with Crippen molar-refractivity contribution in [2.45, 2.75) is 19.8 Å². The first-order valence-electron chi connectivity index (χ1n) is 5.56. The minimum absolute atomic E-state index is 0.0657. The Morgan fingerprint density at radius 1 is 1.56 bits per heavy atom. The van der Waals surface area contributed by atoms with E-state index in [4.69, 9.17) is 5.73 Å². The maximum atomic E-state index is 11.9. The van der Waals surface area contributed by atoms with Gasteiger partial charge in [-0.25, -0.2) is 4.98 Å². The molecule has 1 amide bonds. The van der Waals surface area contributed by atoms with Gasteiger partial charge in [0, 0.05) is 19.7 Å². The average molecular weight is 221 g/mol. The van der Waals surface area contributed by atoms with Gasteiger partial charge in [-0.05, 0) is 24.6 Å². The molecule has 0 aromatic carbocycles. The van der Waals surface area contributed by atoms with E-state index in [0.717, 1.165) is 6.42 Å². The fraction of sp³-hybridized carbons (Fsp3) is 0.500. The molecule has 0 bridgehead atoms. The highest BCUT2D eigenvalue weighted by atomic mass is 16.2. The molecule has 2 N–H and O–H groups in total. The van der Waals surface area contributed by atoms with Crippen molar-refractivity contribution in [3.8, 4) is 0 Å². The molecule has 1 heterocycles. The molecule has 0 saturated carbocycles. The largest absolute Gasteiger partial charge is 0.330 e. The van der Waals surface area contributed by atoms with E-state index >= 15 is 0 Å². The number of aromatic nitrogens is 1. The highest BCUT2D eigenvalue weighted by molar-refractivity contribution is 5.91. The van der Waals surface area contributed by atoms with Crippen LogP contribution in [0.1, 0.15) is 19.8 Å². The van der Waals surface area contributed by atoms with Crippen molar-refractivity contribution in [3.63, 3.8) is 0 Å². The second-order valence-corrected chi connectivity index (χ2v) is 3.85. The van der Waals surface area contributed by atoms with E-state index in [9.17, 15) is 4.79 Å². The summed E-state index contributed by atoms with van der Waals surface area (Å²) in [6.45, 7) is 2.60. The molecule has 4 heteroatoms. The normalized spacial score (nSPS) is 12.2. The van der Waals surface area contributed by atoms with Crippen LogP contribution >= 0.6 is 0 Å². The van der Waals surface area contributed by atoms with Gasteiger partial charge in [-0.15, -0.1) is 0 Å². The monoisotopic (exact) mass is 221 g/mol. The summed E-state index contributed by atoms with van der Waals surface area (Å²) >= 11 is 0. The summed E-state index contributed by atoms with van der Waals surface area (Å²) in [5, 5.41) is 0. The molecule has 0 aliphatic heterocycles. The van der Waals surface area contributed by atoms with Gasteiger partial charge in [0.15, 0.2) is 0 Å². The van der Waals surface area contributed by atoms with Crippen molar-refractivity contribution in [1.29, 1.82) is 0 Å². The van der Waals surface area contributed by atoms with Crippen molar-refractivity contribution >= 4 is 11.7 Å². The lowest BCUT2D eigenvalue weighted by atomic mass is 10.0. The average Bonchev–Trinajstić information content (AvgIpc) is 2.35. The third kappa shape index (κ3) is 3.31. The van der Waals surface area contributed by atoms with E-state index in [1.165, 1.54) is 0 Å². The van der Waals surface area contributed by atoms with E-state index in [1.807, 2.05) is 25.1 Å². The van der Waals surface area contributed by atoms with Crippen LogP contribution in [0.2, 0.25) is 0 Å². The van der Waals surface area contributed by atoms with Gasteiger partial charge in [0.05, 0.1) is 0 Å². The molecule has 0 saturated heterocycles. The molecule has 1 aromatic heterocycles. The lowest BCUT2D eigenvalue weighted by Gasteiger charge is -2.19. The summed E-state index contributed by atoms with van der Waals surface area (Å²) in [5.74, 6) is 1.01. The first-order chi connectivity index (χ1) is 7.69. The number of amides is 1. The van der Waals surface area contributed by atoms with Gasteiger partial charge in [-0.3, -0.25) is 9.69 Å². The third-order valence-electron chi connectivity index (χ3n) is 2.74. The van der Waals surface area contributed by atoms with Crippen molar-refractivity contribution < 1.29 is 4.79 Å².